The topological polar surface area (TPSA) is 56.9 Å². The lowest BCUT2D eigenvalue weighted by molar-refractivity contribution is -0.110. The van der Waals surface area contributed by atoms with Crippen molar-refractivity contribution in [2.24, 2.45) is 0 Å². The molecule has 0 unspecified atom stereocenters. The molecule has 4 nitrogen and oxygen atoms in total. The Morgan fingerprint density at radius 1 is 1.36 bits per heavy atom. The molecule has 0 saturated carbocycles. The second kappa shape index (κ2) is 5.88. The van der Waals surface area contributed by atoms with Crippen LogP contribution in [-0.4, -0.2) is 24.5 Å². The molecule has 0 spiro atoms. The van der Waals surface area contributed by atoms with Crippen molar-refractivity contribution in [3.63, 3.8) is 0 Å². The van der Waals surface area contributed by atoms with Gasteiger partial charge in [-0.05, 0) is 37.4 Å². The molecule has 5 heteroatoms. The molecule has 1 aliphatic heterocycles. The molecule has 3 N–H and O–H groups in total. The van der Waals surface area contributed by atoms with Crippen molar-refractivity contribution in [2.45, 2.75) is 0 Å². The monoisotopic (exact) mass is 295 g/mol. The molecule has 0 saturated heterocycles. The van der Waals surface area contributed by atoms with Gasteiger partial charge in [0, 0.05) is 17.5 Å². The molecule has 0 bridgehead atoms. The van der Waals surface area contributed by atoms with Gasteiger partial charge < -0.3 is 15.6 Å². The van der Waals surface area contributed by atoms with Crippen LogP contribution in [0.15, 0.2) is 30.5 Å². The lowest BCUT2D eigenvalue weighted by atomic mass is 9.99. The maximum Gasteiger partial charge on any atom is 0.256 e. The second-order valence-corrected chi connectivity index (χ2v) is 4.81. The van der Waals surface area contributed by atoms with E-state index >= 15 is 0 Å². The Kier molecular flexibility index (Phi) is 3.77. The molecule has 0 radical (unpaired) electrons. The van der Waals surface area contributed by atoms with E-state index in [1.54, 1.807) is 25.4 Å². The van der Waals surface area contributed by atoms with Crippen LogP contribution in [-0.2, 0) is 4.79 Å². The first-order valence-corrected chi connectivity index (χ1v) is 6.83. The van der Waals surface area contributed by atoms with Crippen molar-refractivity contribution in [1.29, 1.82) is 0 Å². The number of carbonyl (C=O) groups is 1. The standard InChI is InChI=1S/C17H14FN3O/c1-19-8-3-5-12-14(18)6-7-15-16(12)13(17(22)21-15)10-11-4-2-9-20-11/h2,4,6-7,9-10,19-20H,8H2,1H3,(H,21,22). The molecular weight excluding hydrogens is 281 g/mol. The van der Waals surface area contributed by atoms with Gasteiger partial charge in [-0.15, -0.1) is 0 Å². The van der Waals surface area contributed by atoms with E-state index < -0.39 is 5.82 Å². The maximum absolute atomic E-state index is 14.2. The quantitative estimate of drug-likeness (QED) is 0.588. The molecule has 1 amide bonds. The molecular formula is C17H14FN3O. The smallest absolute Gasteiger partial charge is 0.256 e. The molecule has 1 aromatic heterocycles. The van der Waals surface area contributed by atoms with E-state index in [0.29, 0.717) is 23.4 Å². The highest BCUT2D eigenvalue weighted by molar-refractivity contribution is 6.35. The fourth-order valence-electron chi connectivity index (χ4n) is 2.33. The molecule has 0 atom stereocenters. The third-order valence-electron chi connectivity index (χ3n) is 3.32. The van der Waals surface area contributed by atoms with Crippen LogP contribution in [0.3, 0.4) is 0 Å². The number of fused-ring (bicyclic) bond motifs is 1. The van der Waals surface area contributed by atoms with E-state index in [0.717, 1.165) is 5.69 Å². The normalized spacial score (nSPS) is 14.5. The Balaban J connectivity index is 2.15. The van der Waals surface area contributed by atoms with Crippen LogP contribution in [0.1, 0.15) is 16.8 Å². The summed E-state index contributed by atoms with van der Waals surface area (Å²) in [5, 5.41) is 5.63. The zero-order chi connectivity index (χ0) is 15.5. The van der Waals surface area contributed by atoms with Crippen LogP contribution in [0.4, 0.5) is 10.1 Å². The van der Waals surface area contributed by atoms with Crippen molar-refractivity contribution in [3.8, 4) is 11.8 Å². The second-order valence-electron chi connectivity index (χ2n) is 4.81. The molecule has 0 aliphatic carbocycles. The van der Waals surface area contributed by atoms with Gasteiger partial charge in [0.25, 0.3) is 5.91 Å². The van der Waals surface area contributed by atoms with Crippen molar-refractivity contribution in [2.75, 3.05) is 18.9 Å². The van der Waals surface area contributed by atoms with Gasteiger partial charge in [0.2, 0.25) is 0 Å². The number of H-pyrrole nitrogens is 1. The Morgan fingerprint density at radius 3 is 2.95 bits per heavy atom. The van der Waals surface area contributed by atoms with E-state index in [9.17, 15) is 9.18 Å². The van der Waals surface area contributed by atoms with Gasteiger partial charge in [-0.3, -0.25) is 4.79 Å². The number of amides is 1. The largest absolute Gasteiger partial charge is 0.362 e. The van der Waals surface area contributed by atoms with Crippen molar-refractivity contribution in [1.82, 2.24) is 10.3 Å². The lowest BCUT2D eigenvalue weighted by Crippen LogP contribution is -2.05. The summed E-state index contributed by atoms with van der Waals surface area (Å²) in [6, 6.07) is 6.55. The highest BCUT2D eigenvalue weighted by atomic mass is 19.1. The average Bonchev–Trinajstić information content (AvgIpc) is 3.11. The van der Waals surface area contributed by atoms with Gasteiger partial charge >= 0.3 is 0 Å². The van der Waals surface area contributed by atoms with Crippen molar-refractivity contribution < 1.29 is 9.18 Å². The van der Waals surface area contributed by atoms with Crippen LogP contribution < -0.4 is 10.6 Å². The first-order valence-electron chi connectivity index (χ1n) is 6.83. The van der Waals surface area contributed by atoms with Gasteiger partial charge in [-0.2, -0.15) is 0 Å². The Bertz CT molecular complexity index is 810. The van der Waals surface area contributed by atoms with E-state index in [4.69, 9.17) is 0 Å². The highest BCUT2D eigenvalue weighted by Crippen LogP contribution is 2.36. The maximum atomic E-state index is 14.2. The molecule has 3 rings (SSSR count). The zero-order valence-corrected chi connectivity index (χ0v) is 12.0. The van der Waals surface area contributed by atoms with Crippen molar-refractivity contribution in [3.05, 3.63) is 53.1 Å². The molecule has 1 aliphatic rings. The predicted octanol–water partition coefficient (Wildman–Crippen LogP) is 2.22. The van der Waals surface area contributed by atoms with E-state index in [2.05, 4.69) is 27.5 Å². The average molecular weight is 295 g/mol. The van der Waals surface area contributed by atoms with E-state index in [1.807, 2.05) is 12.1 Å². The van der Waals surface area contributed by atoms with Gasteiger partial charge in [-0.1, -0.05) is 11.8 Å². The zero-order valence-electron chi connectivity index (χ0n) is 12.0. The number of carbonyl (C=O) groups excluding carboxylic acids is 1. The summed E-state index contributed by atoms with van der Waals surface area (Å²) >= 11 is 0. The highest BCUT2D eigenvalue weighted by Gasteiger charge is 2.28. The van der Waals surface area contributed by atoms with Crippen LogP contribution >= 0.6 is 0 Å². The summed E-state index contributed by atoms with van der Waals surface area (Å²) in [5.74, 6) is 4.96. The third-order valence-corrected chi connectivity index (χ3v) is 3.32. The van der Waals surface area contributed by atoms with E-state index in [-0.39, 0.29) is 11.5 Å². The first-order chi connectivity index (χ1) is 10.7. The van der Waals surface area contributed by atoms with Crippen LogP contribution in [0.2, 0.25) is 0 Å². The SMILES string of the molecule is CNCC#Cc1c(F)ccc2c1C(=Cc1ccc[nH]1)C(=O)N2. The third kappa shape index (κ3) is 2.52. The lowest BCUT2D eigenvalue weighted by Gasteiger charge is -2.04. The Morgan fingerprint density at radius 2 is 2.23 bits per heavy atom. The van der Waals surface area contributed by atoms with E-state index in [1.165, 1.54) is 6.07 Å². The molecule has 1 aromatic carbocycles. The number of aromatic nitrogens is 1. The number of hydrogen-bond acceptors (Lipinski definition) is 2. The fraction of sp³-hybridized carbons (Fsp3) is 0.118. The predicted molar refractivity (Wildman–Crippen MR) is 84.5 cm³/mol. The minimum atomic E-state index is -0.434. The molecule has 0 fully saturated rings. The van der Waals surface area contributed by atoms with Crippen molar-refractivity contribution >= 4 is 23.2 Å². The van der Waals surface area contributed by atoms with Crippen LogP contribution in [0.25, 0.3) is 11.6 Å². The van der Waals surface area contributed by atoms with Gasteiger partial charge in [0.1, 0.15) is 5.82 Å². The Labute approximate surface area is 127 Å². The number of hydrogen-bond donors (Lipinski definition) is 3. The number of benzene rings is 1. The summed E-state index contributed by atoms with van der Waals surface area (Å²) in [6.45, 7) is 0.445. The number of rotatable bonds is 2. The summed E-state index contributed by atoms with van der Waals surface area (Å²) in [7, 11) is 1.77. The van der Waals surface area contributed by atoms with Crippen LogP contribution in [0.5, 0.6) is 0 Å². The summed E-state index contributed by atoms with van der Waals surface area (Å²) in [6.07, 6.45) is 3.46. The van der Waals surface area contributed by atoms with Crippen LogP contribution in [0, 0.1) is 17.7 Å². The Hall–Kier alpha value is -2.84. The van der Waals surface area contributed by atoms with Gasteiger partial charge in [0.15, 0.2) is 0 Å². The number of aromatic amines is 1. The summed E-state index contributed by atoms with van der Waals surface area (Å²) in [4.78, 5) is 15.2. The number of halogens is 1. The minimum Gasteiger partial charge on any atom is -0.362 e. The summed E-state index contributed by atoms with van der Waals surface area (Å²) < 4.78 is 14.2. The molecule has 22 heavy (non-hydrogen) atoms. The summed E-state index contributed by atoms with van der Waals surface area (Å²) in [5.41, 5.74) is 2.52. The molecule has 110 valence electrons. The first kappa shape index (κ1) is 14.1. The molecule has 2 heterocycles. The van der Waals surface area contributed by atoms with Gasteiger partial charge in [-0.25, -0.2) is 4.39 Å². The molecule has 2 aromatic rings. The van der Waals surface area contributed by atoms with Gasteiger partial charge in [0.05, 0.1) is 23.4 Å². The number of nitrogens with one attached hydrogen (secondary N) is 3. The number of anilines is 1. The fourth-order valence-corrected chi connectivity index (χ4v) is 2.33. The minimum absolute atomic E-state index is 0.240.